The van der Waals surface area contributed by atoms with Crippen LogP contribution in [0.4, 0.5) is 0 Å². The van der Waals surface area contributed by atoms with E-state index in [4.69, 9.17) is 0 Å². The summed E-state index contributed by atoms with van der Waals surface area (Å²) in [5.41, 5.74) is 0.376. The van der Waals surface area contributed by atoms with Gasteiger partial charge in [-0.3, -0.25) is 0 Å². The number of hydrogen-bond donors (Lipinski definition) is 1. The minimum absolute atomic E-state index is 0.376. The molecule has 0 aromatic heterocycles. The Balaban J connectivity index is 2.94. The van der Waals surface area contributed by atoms with E-state index in [1.807, 2.05) is 0 Å². The average molecular weight is 268 g/mol. The van der Waals surface area contributed by atoms with E-state index in [2.05, 4.69) is 45.1 Å². The molecule has 0 amide bonds. The predicted octanol–water partition coefficient (Wildman–Crippen LogP) is 4.06. The summed E-state index contributed by atoms with van der Waals surface area (Å²) < 4.78 is 0. The van der Waals surface area contributed by atoms with Crippen molar-refractivity contribution in [3.05, 3.63) is 0 Å². The molecule has 1 aliphatic carbocycles. The Labute approximate surface area is 121 Å². The Kier molecular flexibility index (Phi) is 7.38. The molecule has 1 saturated carbocycles. The third kappa shape index (κ3) is 4.19. The number of likely N-dealkylation sites (N-methyl/N-ethyl adjacent to an activating group) is 1. The van der Waals surface area contributed by atoms with Gasteiger partial charge in [0.1, 0.15) is 0 Å². The van der Waals surface area contributed by atoms with Gasteiger partial charge in [-0.1, -0.05) is 52.9 Å². The van der Waals surface area contributed by atoms with E-state index in [0.717, 1.165) is 12.5 Å². The molecule has 0 spiro atoms. The second-order valence-electron chi connectivity index (χ2n) is 6.73. The van der Waals surface area contributed by atoms with Crippen LogP contribution in [0.2, 0.25) is 0 Å². The fourth-order valence-electron chi connectivity index (χ4n) is 3.83. The van der Waals surface area contributed by atoms with Crippen LogP contribution in [0.15, 0.2) is 0 Å². The van der Waals surface area contributed by atoms with E-state index in [1.54, 1.807) is 0 Å². The SMILES string of the molecule is CCCNC(C(C)CC)C1(N(C)C)CCCCCC1. The highest BCUT2D eigenvalue weighted by Gasteiger charge is 2.42. The lowest BCUT2D eigenvalue weighted by molar-refractivity contribution is 0.0550. The number of hydrogen-bond acceptors (Lipinski definition) is 2. The average Bonchev–Trinajstić information content (AvgIpc) is 2.65. The Hall–Kier alpha value is -0.0800. The second kappa shape index (κ2) is 8.26. The third-order valence-corrected chi connectivity index (χ3v) is 5.27. The van der Waals surface area contributed by atoms with Crippen molar-refractivity contribution in [2.24, 2.45) is 5.92 Å². The highest BCUT2D eigenvalue weighted by molar-refractivity contribution is 5.01. The van der Waals surface area contributed by atoms with Crippen molar-refractivity contribution in [1.82, 2.24) is 10.2 Å². The zero-order chi connectivity index (χ0) is 14.3. The summed E-state index contributed by atoms with van der Waals surface area (Å²) in [6.07, 6.45) is 10.9. The van der Waals surface area contributed by atoms with Gasteiger partial charge >= 0.3 is 0 Å². The van der Waals surface area contributed by atoms with Gasteiger partial charge in [0.15, 0.2) is 0 Å². The second-order valence-corrected chi connectivity index (χ2v) is 6.73. The largest absolute Gasteiger partial charge is 0.312 e. The van der Waals surface area contributed by atoms with Crippen molar-refractivity contribution in [3.8, 4) is 0 Å². The van der Waals surface area contributed by atoms with Gasteiger partial charge < -0.3 is 10.2 Å². The molecule has 0 heterocycles. The molecule has 19 heavy (non-hydrogen) atoms. The summed E-state index contributed by atoms with van der Waals surface area (Å²) in [5.74, 6) is 0.757. The zero-order valence-electron chi connectivity index (χ0n) is 14.0. The Bertz CT molecular complexity index is 229. The molecule has 1 N–H and O–H groups in total. The van der Waals surface area contributed by atoms with Crippen LogP contribution in [0, 0.1) is 5.92 Å². The fraction of sp³-hybridized carbons (Fsp3) is 1.00. The van der Waals surface area contributed by atoms with Gasteiger partial charge in [-0.25, -0.2) is 0 Å². The Morgan fingerprint density at radius 1 is 1.05 bits per heavy atom. The maximum atomic E-state index is 3.90. The van der Waals surface area contributed by atoms with Crippen LogP contribution in [0.3, 0.4) is 0 Å². The lowest BCUT2D eigenvalue weighted by atomic mass is 9.75. The summed E-state index contributed by atoms with van der Waals surface area (Å²) >= 11 is 0. The first-order valence-corrected chi connectivity index (χ1v) is 8.49. The predicted molar refractivity (Wildman–Crippen MR) is 85.7 cm³/mol. The normalized spacial score (nSPS) is 23.1. The first-order valence-electron chi connectivity index (χ1n) is 8.49. The molecule has 0 aliphatic heterocycles. The van der Waals surface area contributed by atoms with Crippen LogP contribution in [0.25, 0.3) is 0 Å². The smallest absolute Gasteiger partial charge is 0.0359 e. The Morgan fingerprint density at radius 3 is 2.05 bits per heavy atom. The molecular formula is C17H36N2. The monoisotopic (exact) mass is 268 g/mol. The van der Waals surface area contributed by atoms with Crippen molar-refractivity contribution in [2.75, 3.05) is 20.6 Å². The summed E-state index contributed by atoms with van der Waals surface area (Å²) in [5, 5.41) is 3.90. The maximum absolute atomic E-state index is 3.90. The summed E-state index contributed by atoms with van der Waals surface area (Å²) in [6.45, 7) is 8.20. The molecule has 0 aromatic rings. The fourth-order valence-corrected chi connectivity index (χ4v) is 3.83. The zero-order valence-corrected chi connectivity index (χ0v) is 14.0. The molecule has 0 aromatic carbocycles. The number of rotatable bonds is 7. The number of nitrogens with zero attached hydrogens (tertiary/aromatic N) is 1. The molecule has 2 nitrogen and oxygen atoms in total. The van der Waals surface area contributed by atoms with E-state index < -0.39 is 0 Å². The van der Waals surface area contributed by atoms with Crippen LogP contribution in [-0.2, 0) is 0 Å². The molecule has 114 valence electrons. The molecule has 2 unspecified atom stereocenters. The van der Waals surface area contributed by atoms with Crippen LogP contribution in [0.5, 0.6) is 0 Å². The van der Waals surface area contributed by atoms with Crippen molar-refractivity contribution in [2.45, 2.75) is 83.7 Å². The quantitative estimate of drug-likeness (QED) is 0.701. The molecule has 2 atom stereocenters. The molecule has 1 rings (SSSR count). The standard InChI is InChI=1S/C17H36N2/c1-6-14-18-16(15(3)7-2)17(19(4)5)12-10-8-9-11-13-17/h15-16,18H,6-14H2,1-5H3. The molecule has 2 heteroatoms. The van der Waals surface area contributed by atoms with Gasteiger partial charge in [-0.15, -0.1) is 0 Å². The molecule has 0 radical (unpaired) electrons. The molecular weight excluding hydrogens is 232 g/mol. The van der Waals surface area contributed by atoms with E-state index >= 15 is 0 Å². The van der Waals surface area contributed by atoms with Crippen LogP contribution >= 0.6 is 0 Å². The van der Waals surface area contributed by atoms with Crippen LogP contribution in [0.1, 0.15) is 72.1 Å². The topological polar surface area (TPSA) is 15.3 Å². The van der Waals surface area contributed by atoms with Crippen LogP contribution in [-0.4, -0.2) is 37.1 Å². The maximum Gasteiger partial charge on any atom is 0.0359 e. The van der Waals surface area contributed by atoms with Gasteiger partial charge in [-0.2, -0.15) is 0 Å². The molecule has 1 fully saturated rings. The number of nitrogens with one attached hydrogen (secondary N) is 1. The van der Waals surface area contributed by atoms with E-state index in [1.165, 1.54) is 51.4 Å². The van der Waals surface area contributed by atoms with Crippen molar-refractivity contribution in [3.63, 3.8) is 0 Å². The van der Waals surface area contributed by atoms with E-state index in [9.17, 15) is 0 Å². The van der Waals surface area contributed by atoms with Gasteiger partial charge in [0.25, 0.3) is 0 Å². The van der Waals surface area contributed by atoms with E-state index in [-0.39, 0.29) is 0 Å². The molecule has 0 saturated heterocycles. The van der Waals surface area contributed by atoms with Crippen molar-refractivity contribution < 1.29 is 0 Å². The lowest BCUT2D eigenvalue weighted by Crippen LogP contribution is -2.61. The molecule has 0 bridgehead atoms. The van der Waals surface area contributed by atoms with Gasteiger partial charge in [-0.05, 0) is 45.8 Å². The summed E-state index contributed by atoms with van der Waals surface area (Å²) in [7, 11) is 4.60. The van der Waals surface area contributed by atoms with Crippen molar-refractivity contribution >= 4 is 0 Å². The highest BCUT2D eigenvalue weighted by Crippen LogP contribution is 2.37. The first-order chi connectivity index (χ1) is 9.08. The summed E-state index contributed by atoms with van der Waals surface area (Å²) in [4.78, 5) is 2.54. The highest BCUT2D eigenvalue weighted by atomic mass is 15.2. The van der Waals surface area contributed by atoms with Gasteiger partial charge in [0, 0.05) is 11.6 Å². The van der Waals surface area contributed by atoms with Crippen molar-refractivity contribution in [1.29, 1.82) is 0 Å². The van der Waals surface area contributed by atoms with Gasteiger partial charge in [0.05, 0.1) is 0 Å². The minimum atomic E-state index is 0.376. The molecule has 1 aliphatic rings. The summed E-state index contributed by atoms with van der Waals surface area (Å²) in [6, 6.07) is 0.644. The van der Waals surface area contributed by atoms with E-state index in [0.29, 0.717) is 11.6 Å². The minimum Gasteiger partial charge on any atom is -0.312 e. The lowest BCUT2D eigenvalue weighted by Gasteiger charge is -2.48. The van der Waals surface area contributed by atoms with Crippen LogP contribution < -0.4 is 5.32 Å². The first kappa shape index (κ1) is 17.0. The Morgan fingerprint density at radius 2 is 1.63 bits per heavy atom. The third-order valence-electron chi connectivity index (χ3n) is 5.27. The van der Waals surface area contributed by atoms with Gasteiger partial charge in [0.2, 0.25) is 0 Å².